The Morgan fingerprint density at radius 1 is 1.30 bits per heavy atom. The molecule has 104 valence electrons. The lowest BCUT2D eigenvalue weighted by Crippen LogP contribution is -2.26. The molecule has 0 radical (unpaired) electrons. The Kier molecular flexibility index (Phi) is 4.09. The molecule has 0 spiro atoms. The van der Waals surface area contributed by atoms with E-state index in [4.69, 9.17) is 5.11 Å². The Labute approximate surface area is 115 Å². The number of nitrogens with one attached hydrogen (secondary N) is 2. The molecule has 0 fully saturated rings. The first-order valence-electron chi connectivity index (χ1n) is 6.05. The number of benzene rings is 1. The number of hydrogen-bond acceptors (Lipinski definition) is 4. The maximum atomic E-state index is 11.7. The van der Waals surface area contributed by atoms with Gasteiger partial charge in [-0.3, -0.25) is 9.89 Å². The quantitative estimate of drug-likeness (QED) is 0.746. The van der Waals surface area contributed by atoms with Crippen LogP contribution in [0.3, 0.4) is 0 Å². The van der Waals surface area contributed by atoms with Crippen LogP contribution in [-0.2, 0) is 6.42 Å². The smallest absolute Gasteiger partial charge is 0.335 e. The third kappa shape index (κ3) is 3.41. The molecular weight excluding hydrogens is 260 g/mol. The summed E-state index contributed by atoms with van der Waals surface area (Å²) in [6.45, 7) is 2.15. The van der Waals surface area contributed by atoms with E-state index in [-0.39, 0.29) is 17.3 Å². The number of aromatic nitrogens is 3. The van der Waals surface area contributed by atoms with E-state index in [1.54, 1.807) is 19.1 Å². The van der Waals surface area contributed by atoms with E-state index >= 15 is 0 Å². The zero-order valence-electron chi connectivity index (χ0n) is 10.9. The number of aromatic amines is 1. The van der Waals surface area contributed by atoms with Crippen molar-refractivity contribution >= 4 is 11.9 Å². The van der Waals surface area contributed by atoms with Gasteiger partial charge in [0, 0.05) is 6.54 Å². The Morgan fingerprint density at radius 2 is 2.00 bits per heavy atom. The van der Waals surface area contributed by atoms with Gasteiger partial charge < -0.3 is 10.4 Å². The van der Waals surface area contributed by atoms with Crippen LogP contribution < -0.4 is 5.32 Å². The summed E-state index contributed by atoms with van der Waals surface area (Å²) in [5.41, 5.74) is 1.19. The van der Waals surface area contributed by atoms with E-state index in [2.05, 4.69) is 20.5 Å². The number of hydrogen-bond donors (Lipinski definition) is 3. The summed E-state index contributed by atoms with van der Waals surface area (Å²) < 4.78 is 0. The van der Waals surface area contributed by atoms with Crippen LogP contribution in [0.15, 0.2) is 24.3 Å². The predicted octanol–water partition coefficient (Wildman–Crippen LogP) is 0.784. The predicted molar refractivity (Wildman–Crippen MR) is 70.6 cm³/mol. The molecule has 7 nitrogen and oxygen atoms in total. The van der Waals surface area contributed by atoms with Crippen molar-refractivity contribution in [1.29, 1.82) is 0 Å². The molecule has 0 unspecified atom stereocenters. The maximum absolute atomic E-state index is 11.7. The second-order valence-electron chi connectivity index (χ2n) is 4.25. The van der Waals surface area contributed by atoms with Crippen molar-refractivity contribution in [3.63, 3.8) is 0 Å². The summed E-state index contributed by atoms with van der Waals surface area (Å²) >= 11 is 0. The van der Waals surface area contributed by atoms with Gasteiger partial charge in [-0.2, -0.15) is 0 Å². The summed E-state index contributed by atoms with van der Waals surface area (Å²) in [5.74, 6) is -0.593. The molecule has 3 N–H and O–H groups in total. The maximum Gasteiger partial charge on any atom is 0.335 e. The summed E-state index contributed by atoms with van der Waals surface area (Å²) in [6.07, 6.45) is 0.606. The molecule has 0 bridgehead atoms. The second-order valence-corrected chi connectivity index (χ2v) is 4.25. The van der Waals surface area contributed by atoms with Crippen LogP contribution in [0.1, 0.15) is 32.4 Å². The fourth-order valence-electron chi connectivity index (χ4n) is 1.66. The first-order chi connectivity index (χ1) is 9.56. The number of H-pyrrole nitrogens is 1. The third-order valence-corrected chi connectivity index (χ3v) is 2.70. The van der Waals surface area contributed by atoms with Crippen molar-refractivity contribution in [2.24, 2.45) is 0 Å². The highest BCUT2D eigenvalue weighted by molar-refractivity contribution is 5.90. The van der Waals surface area contributed by atoms with Gasteiger partial charge in [0.1, 0.15) is 5.82 Å². The van der Waals surface area contributed by atoms with Crippen LogP contribution in [0, 0.1) is 6.92 Å². The van der Waals surface area contributed by atoms with Crippen molar-refractivity contribution in [3.8, 4) is 0 Å². The SMILES string of the molecule is Cc1nc(C(=O)NCCc2ccc(C(=O)O)cc2)n[nH]1. The normalized spacial score (nSPS) is 10.2. The Morgan fingerprint density at radius 3 is 2.55 bits per heavy atom. The van der Waals surface area contributed by atoms with Gasteiger partial charge in [-0.05, 0) is 31.0 Å². The fourth-order valence-corrected chi connectivity index (χ4v) is 1.66. The summed E-state index contributed by atoms with van der Waals surface area (Å²) in [4.78, 5) is 26.3. The number of carboxylic acid groups (broad SMARTS) is 1. The first kappa shape index (κ1) is 13.7. The molecule has 0 aliphatic carbocycles. The first-order valence-corrected chi connectivity index (χ1v) is 6.05. The molecule has 2 aromatic rings. The molecule has 0 saturated carbocycles. The number of carbonyl (C=O) groups excluding carboxylic acids is 1. The van der Waals surface area contributed by atoms with E-state index < -0.39 is 5.97 Å². The molecular formula is C13H14N4O3. The minimum Gasteiger partial charge on any atom is -0.478 e. The highest BCUT2D eigenvalue weighted by atomic mass is 16.4. The zero-order chi connectivity index (χ0) is 14.5. The minimum atomic E-state index is -0.954. The molecule has 1 aromatic carbocycles. The number of carbonyl (C=O) groups is 2. The number of aryl methyl sites for hydroxylation is 1. The van der Waals surface area contributed by atoms with Crippen molar-refractivity contribution in [3.05, 3.63) is 47.0 Å². The van der Waals surface area contributed by atoms with Gasteiger partial charge in [-0.25, -0.2) is 9.78 Å². The monoisotopic (exact) mass is 274 g/mol. The van der Waals surface area contributed by atoms with Crippen LogP contribution >= 0.6 is 0 Å². The highest BCUT2D eigenvalue weighted by Gasteiger charge is 2.10. The van der Waals surface area contributed by atoms with E-state index in [0.29, 0.717) is 18.8 Å². The molecule has 0 aliphatic heterocycles. The van der Waals surface area contributed by atoms with Crippen LogP contribution in [0.5, 0.6) is 0 Å². The highest BCUT2D eigenvalue weighted by Crippen LogP contribution is 2.04. The van der Waals surface area contributed by atoms with E-state index in [0.717, 1.165) is 5.56 Å². The molecule has 20 heavy (non-hydrogen) atoms. The number of aromatic carboxylic acids is 1. The molecule has 0 aliphatic rings. The largest absolute Gasteiger partial charge is 0.478 e. The van der Waals surface area contributed by atoms with Crippen molar-refractivity contribution in [2.75, 3.05) is 6.54 Å². The Balaban J connectivity index is 1.83. The molecule has 0 saturated heterocycles. The third-order valence-electron chi connectivity index (χ3n) is 2.70. The lowest BCUT2D eigenvalue weighted by Gasteiger charge is -2.03. The lowest BCUT2D eigenvalue weighted by molar-refractivity contribution is 0.0696. The van der Waals surface area contributed by atoms with Gasteiger partial charge in [0.25, 0.3) is 5.91 Å². The molecule has 1 heterocycles. The summed E-state index contributed by atoms with van der Waals surface area (Å²) in [7, 11) is 0. The Bertz CT molecular complexity index is 619. The van der Waals surface area contributed by atoms with Crippen molar-refractivity contribution in [1.82, 2.24) is 20.5 Å². The van der Waals surface area contributed by atoms with Crippen LogP contribution in [0.25, 0.3) is 0 Å². The van der Waals surface area contributed by atoms with Gasteiger partial charge in [0.05, 0.1) is 5.56 Å². The number of carboxylic acids is 1. The van der Waals surface area contributed by atoms with Crippen molar-refractivity contribution in [2.45, 2.75) is 13.3 Å². The standard InChI is InChI=1S/C13H14N4O3/c1-8-15-11(17-16-8)12(18)14-7-6-9-2-4-10(5-3-9)13(19)20/h2-5H,6-7H2,1H3,(H,14,18)(H,19,20)(H,15,16,17). The molecule has 1 amide bonds. The molecule has 7 heteroatoms. The van der Waals surface area contributed by atoms with Crippen molar-refractivity contribution < 1.29 is 14.7 Å². The van der Waals surface area contributed by atoms with E-state index in [1.165, 1.54) is 12.1 Å². The van der Waals surface area contributed by atoms with E-state index in [1.807, 2.05) is 0 Å². The Hall–Kier alpha value is -2.70. The molecule has 2 rings (SSSR count). The average molecular weight is 274 g/mol. The summed E-state index contributed by atoms with van der Waals surface area (Å²) in [6, 6.07) is 6.54. The molecule has 0 atom stereocenters. The van der Waals surface area contributed by atoms with Crippen LogP contribution in [0.4, 0.5) is 0 Å². The van der Waals surface area contributed by atoms with Crippen LogP contribution in [0.2, 0.25) is 0 Å². The minimum absolute atomic E-state index is 0.115. The number of amides is 1. The van der Waals surface area contributed by atoms with Crippen LogP contribution in [-0.4, -0.2) is 38.7 Å². The van der Waals surface area contributed by atoms with Gasteiger partial charge in [0.2, 0.25) is 5.82 Å². The van der Waals surface area contributed by atoms with Gasteiger partial charge in [0.15, 0.2) is 0 Å². The molecule has 1 aromatic heterocycles. The zero-order valence-corrected chi connectivity index (χ0v) is 10.9. The van der Waals surface area contributed by atoms with E-state index in [9.17, 15) is 9.59 Å². The van der Waals surface area contributed by atoms with Gasteiger partial charge in [-0.1, -0.05) is 12.1 Å². The summed E-state index contributed by atoms with van der Waals surface area (Å²) in [5, 5.41) is 17.8. The van der Waals surface area contributed by atoms with Gasteiger partial charge in [-0.15, -0.1) is 5.10 Å². The number of nitrogens with zero attached hydrogens (tertiary/aromatic N) is 2. The average Bonchev–Trinajstić information content (AvgIpc) is 2.86. The second kappa shape index (κ2) is 5.96. The van der Waals surface area contributed by atoms with Gasteiger partial charge >= 0.3 is 5.97 Å². The topological polar surface area (TPSA) is 108 Å². The number of rotatable bonds is 5. The fraction of sp³-hybridized carbons (Fsp3) is 0.231. The lowest BCUT2D eigenvalue weighted by atomic mass is 10.1.